The van der Waals surface area contributed by atoms with Crippen LogP contribution in [0.4, 0.5) is 11.4 Å². The Hall–Kier alpha value is -3.05. The van der Waals surface area contributed by atoms with Crippen LogP contribution in [0.2, 0.25) is 0 Å². The van der Waals surface area contributed by atoms with Crippen LogP contribution in [0.3, 0.4) is 0 Å². The Bertz CT molecular complexity index is 1110. The molecular formula is C25H35N7O3S. The van der Waals surface area contributed by atoms with Crippen molar-refractivity contribution in [3.05, 3.63) is 34.3 Å². The first-order valence-electron chi connectivity index (χ1n) is 12.4. The summed E-state index contributed by atoms with van der Waals surface area (Å²) in [5, 5.41) is 10.3. The Morgan fingerprint density at radius 2 is 1.67 bits per heavy atom. The molecule has 36 heavy (non-hydrogen) atoms. The zero-order chi connectivity index (χ0) is 25.9. The lowest BCUT2D eigenvalue weighted by atomic mass is 9.92. The van der Waals surface area contributed by atoms with Crippen molar-refractivity contribution in [1.29, 1.82) is 0 Å². The molecule has 194 valence electrons. The van der Waals surface area contributed by atoms with Crippen LogP contribution in [0.25, 0.3) is 0 Å². The Morgan fingerprint density at radius 1 is 1.00 bits per heavy atom. The summed E-state index contributed by atoms with van der Waals surface area (Å²) in [6.45, 7) is 13.1. The molecule has 0 atom stereocenters. The van der Waals surface area contributed by atoms with Crippen molar-refractivity contribution in [1.82, 2.24) is 24.7 Å². The monoisotopic (exact) mass is 513 g/mol. The van der Waals surface area contributed by atoms with Crippen LogP contribution in [-0.2, 0) is 4.79 Å². The van der Waals surface area contributed by atoms with E-state index >= 15 is 0 Å². The minimum atomic E-state index is -0.159. The second-order valence-corrected chi connectivity index (χ2v) is 11.3. The summed E-state index contributed by atoms with van der Waals surface area (Å²) in [4.78, 5) is 45.3. The van der Waals surface area contributed by atoms with Crippen molar-refractivity contribution in [2.45, 2.75) is 34.1 Å². The average Bonchev–Trinajstić information content (AvgIpc) is 3.28. The number of aryl methyl sites for hydroxylation is 1. The van der Waals surface area contributed by atoms with Gasteiger partial charge in [-0.15, -0.1) is 5.10 Å². The van der Waals surface area contributed by atoms with Gasteiger partial charge < -0.3 is 25.3 Å². The molecule has 0 radical (unpaired) electrons. The Kier molecular flexibility index (Phi) is 7.89. The maximum atomic E-state index is 13.1. The molecule has 1 aromatic carbocycles. The van der Waals surface area contributed by atoms with Gasteiger partial charge in [0.25, 0.3) is 11.8 Å². The molecule has 0 spiro atoms. The van der Waals surface area contributed by atoms with Crippen LogP contribution in [0.5, 0.6) is 0 Å². The van der Waals surface area contributed by atoms with Gasteiger partial charge in [0, 0.05) is 64.3 Å². The molecule has 11 heteroatoms. The number of amides is 3. The third-order valence-electron chi connectivity index (χ3n) is 6.37. The van der Waals surface area contributed by atoms with E-state index in [0.29, 0.717) is 67.5 Å². The first-order valence-corrected chi connectivity index (χ1v) is 13.2. The largest absolute Gasteiger partial charge is 0.366 e. The number of nitrogens with one attached hydrogen (secondary N) is 2. The second-order valence-electron chi connectivity index (χ2n) is 10.5. The molecule has 3 amide bonds. The quantitative estimate of drug-likeness (QED) is 0.631. The van der Waals surface area contributed by atoms with E-state index in [0.717, 1.165) is 30.3 Å². The molecular weight excluding hydrogens is 478 g/mol. The number of carbonyl (C=O) groups is 3. The highest BCUT2D eigenvalue weighted by molar-refractivity contribution is 7.07. The zero-order valence-corrected chi connectivity index (χ0v) is 22.3. The van der Waals surface area contributed by atoms with Gasteiger partial charge in [0.05, 0.1) is 17.1 Å². The van der Waals surface area contributed by atoms with Crippen LogP contribution in [-0.4, -0.2) is 89.5 Å². The van der Waals surface area contributed by atoms with E-state index in [1.54, 1.807) is 13.0 Å². The van der Waals surface area contributed by atoms with E-state index < -0.39 is 0 Å². The van der Waals surface area contributed by atoms with Gasteiger partial charge in [-0.3, -0.25) is 14.4 Å². The van der Waals surface area contributed by atoms with Gasteiger partial charge in [0.1, 0.15) is 4.88 Å². The van der Waals surface area contributed by atoms with Crippen molar-refractivity contribution < 1.29 is 14.4 Å². The predicted molar refractivity (Wildman–Crippen MR) is 141 cm³/mol. The first-order chi connectivity index (χ1) is 17.1. The second kappa shape index (κ2) is 10.9. The molecule has 2 N–H and O–H groups in total. The Labute approximate surface area is 216 Å². The lowest BCUT2D eigenvalue weighted by Crippen LogP contribution is -2.49. The summed E-state index contributed by atoms with van der Waals surface area (Å²) >= 11 is 1.12. The number of benzene rings is 1. The van der Waals surface area contributed by atoms with Gasteiger partial charge in [0.15, 0.2) is 0 Å². The van der Waals surface area contributed by atoms with Gasteiger partial charge in [-0.2, -0.15) is 0 Å². The molecule has 3 heterocycles. The first kappa shape index (κ1) is 26.0. The molecule has 0 aliphatic carbocycles. The van der Waals surface area contributed by atoms with Gasteiger partial charge >= 0.3 is 0 Å². The summed E-state index contributed by atoms with van der Waals surface area (Å²) < 4.78 is 3.88. The fourth-order valence-electron chi connectivity index (χ4n) is 4.49. The van der Waals surface area contributed by atoms with Gasteiger partial charge in [0.2, 0.25) is 5.91 Å². The predicted octanol–water partition coefficient (Wildman–Crippen LogP) is 2.23. The van der Waals surface area contributed by atoms with E-state index in [4.69, 9.17) is 0 Å². The average molecular weight is 514 g/mol. The highest BCUT2D eigenvalue weighted by atomic mass is 32.1. The minimum Gasteiger partial charge on any atom is -0.366 e. The normalized spacial score (nSPS) is 16.7. The summed E-state index contributed by atoms with van der Waals surface area (Å²) in [5.74, 6) is -0.159. The maximum absolute atomic E-state index is 13.1. The summed E-state index contributed by atoms with van der Waals surface area (Å²) in [6.07, 6.45) is 0.368. The number of aromatic nitrogens is 2. The molecule has 1 aromatic heterocycles. The number of hydrogen-bond acceptors (Lipinski definition) is 8. The fourth-order valence-corrected chi connectivity index (χ4v) is 5.12. The fraction of sp³-hybridized carbons (Fsp3) is 0.560. The molecule has 2 aromatic rings. The molecule has 0 saturated carbocycles. The summed E-state index contributed by atoms with van der Waals surface area (Å²) in [7, 11) is 0. The molecule has 0 bridgehead atoms. The van der Waals surface area contributed by atoms with Crippen LogP contribution < -0.4 is 15.5 Å². The standard InChI is InChI=1S/C25H35N7O3S/c1-17-22(36-29-28-17)24(35)32-13-11-30(12-14-32)20-6-5-18(23(34)31-9-7-26-8-10-31)15-19(20)27-21(33)16-25(2,3)4/h5-6,15,26H,7-14,16H2,1-4H3,(H,27,33). The lowest BCUT2D eigenvalue weighted by molar-refractivity contribution is -0.117. The van der Waals surface area contributed by atoms with Crippen molar-refractivity contribution in [2.24, 2.45) is 5.41 Å². The lowest BCUT2D eigenvalue weighted by Gasteiger charge is -2.37. The maximum Gasteiger partial charge on any atom is 0.267 e. The van der Waals surface area contributed by atoms with E-state index in [9.17, 15) is 14.4 Å². The number of piperazine rings is 2. The molecule has 2 aliphatic rings. The number of anilines is 2. The number of carbonyl (C=O) groups excluding carboxylic acids is 3. The minimum absolute atomic E-state index is 0.0293. The smallest absolute Gasteiger partial charge is 0.267 e. The Morgan fingerprint density at radius 3 is 2.28 bits per heavy atom. The van der Waals surface area contributed by atoms with E-state index in [1.807, 2.05) is 42.7 Å². The zero-order valence-electron chi connectivity index (χ0n) is 21.5. The Balaban J connectivity index is 1.52. The van der Waals surface area contributed by atoms with Crippen molar-refractivity contribution >= 4 is 40.6 Å². The topological polar surface area (TPSA) is 111 Å². The van der Waals surface area contributed by atoms with Crippen molar-refractivity contribution in [2.75, 3.05) is 62.6 Å². The van der Waals surface area contributed by atoms with Crippen LogP contribution in [0.1, 0.15) is 52.9 Å². The highest BCUT2D eigenvalue weighted by Gasteiger charge is 2.27. The third-order valence-corrected chi connectivity index (χ3v) is 7.18. The summed E-state index contributed by atoms with van der Waals surface area (Å²) in [6, 6.07) is 5.55. The van der Waals surface area contributed by atoms with Crippen LogP contribution in [0.15, 0.2) is 18.2 Å². The van der Waals surface area contributed by atoms with Crippen LogP contribution >= 0.6 is 11.5 Å². The van der Waals surface area contributed by atoms with E-state index in [-0.39, 0.29) is 23.1 Å². The summed E-state index contributed by atoms with van der Waals surface area (Å²) in [5.41, 5.74) is 2.55. The van der Waals surface area contributed by atoms with Gasteiger partial charge in [-0.05, 0) is 42.1 Å². The highest BCUT2D eigenvalue weighted by Crippen LogP contribution is 2.30. The molecule has 4 rings (SSSR count). The molecule has 2 saturated heterocycles. The van der Waals surface area contributed by atoms with Crippen molar-refractivity contribution in [3.63, 3.8) is 0 Å². The third kappa shape index (κ3) is 6.19. The molecule has 2 fully saturated rings. The van der Waals surface area contributed by atoms with Crippen molar-refractivity contribution in [3.8, 4) is 0 Å². The van der Waals surface area contributed by atoms with Crippen LogP contribution in [0, 0.1) is 12.3 Å². The molecule has 0 unspecified atom stereocenters. The molecule has 2 aliphatic heterocycles. The van der Waals surface area contributed by atoms with Gasteiger partial charge in [-0.1, -0.05) is 25.3 Å². The number of hydrogen-bond donors (Lipinski definition) is 2. The van der Waals surface area contributed by atoms with Gasteiger partial charge in [-0.25, -0.2) is 0 Å². The SMILES string of the molecule is Cc1nnsc1C(=O)N1CCN(c2ccc(C(=O)N3CCNCC3)cc2NC(=O)CC(C)(C)C)CC1. The number of rotatable bonds is 5. The van der Waals surface area contributed by atoms with E-state index in [1.165, 1.54) is 0 Å². The molecule has 10 nitrogen and oxygen atoms in total. The number of nitrogens with zero attached hydrogens (tertiary/aromatic N) is 5. The van der Waals surface area contributed by atoms with E-state index in [2.05, 4.69) is 25.1 Å².